The number of terminal acetylenes is 1. The Labute approximate surface area is 118 Å². The van der Waals surface area contributed by atoms with Crippen LogP contribution in [0.1, 0.15) is 11.1 Å². The van der Waals surface area contributed by atoms with E-state index in [9.17, 15) is 0 Å². The maximum Gasteiger partial charge on any atom is 0.0332 e. The maximum absolute atomic E-state index is 5.56. The van der Waals surface area contributed by atoms with Crippen molar-refractivity contribution in [1.29, 1.82) is 0 Å². The van der Waals surface area contributed by atoms with Crippen LogP contribution in [-0.4, -0.2) is 0 Å². The SMILES string of the molecule is C#Cc1cc(Br)ccc1-c1ccc(Br)cc1C. The molecule has 0 N–H and O–H groups in total. The van der Waals surface area contributed by atoms with E-state index in [1.807, 2.05) is 18.2 Å². The monoisotopic (exact) mass is 348 g/mol. The zero-order chi connectivity index (χ0) is 12.4. The van der Waals surface area contributed by atoms with Gasteiger partial charge in [-0.3, -0.25) is 0 Å². The first-order chi connectivity index (χ1) is 8.11. The third-order valence-corrected chi connectivity index (χ3v) is 3.60. The molecular weight excluding hydrogens is 340 g/mol. The van der Waals surface area contributed by atoms with Crippen LogP contribution < -0.4 is 0 Å². The number of hydrogen-bond donors (Lipinski definition) is 0. The molecule has 0 nitrogen and oxygen atoms in total. The van der Waals surface area contributed by atoms with Crippen molar-refractivity contribution in [2.75, 3.05) is 0 Å². The van der Waals surface area contributed by atoms with Crippen LogP contribution in [0.2, 0.25) is 0 Å². The number of rotatable bonds is 1. The number of benzene rings is 2. The van der Waals surface area contributed by atoms with Crippen LogP contribution >= 0.6 is 31.9 Å². The highest BCUT2D eigenvalue weighted by Crippen LogP contribution is 2.30. The normalized spacial score (nSPS) is 10.0. The molecule has 17 heavy (non-hydrogen) atoms. The first-order valence-corrected chi connectivity index (χ1v) is 6.73. The lowest BCUT2D eigenvalue weighted by atomic mass is 9.96. The summed E-state index contributed by atoms with van der Waals surface area (Å²) in [7, 11) is 0. The molecule has 0 aliphatic heterocycles. The van der Waals surface area contributed by atoms with Crippen molar-refractivity contribution in [3.05, 3.63) is 56.5 Å². The zero-order valence-electron chi connectivity index (χ0n) is 9.30. The molecule has 84 valence electrons. The smallest absolute Gasteiger partial charge is 0.0332 e. The molecule has 0 fully saturated rings. The Bertz CT molecular complexity index is 607. The van der Waals surface area contributed by atoms with E-state index in [0.717, 1.165) is 20.1 Å². The predicted molar refractivity (Wildman–Crippen MR) is 80.0 cm³/mol. The van der Waals surface area contributed by atoms with Gasteiger partial charge in [0.05, 0.1) is 0 Å². The predicted octanol–water partition coefficient (Wildman–Crippen LogP) is 5.17. The van der Waals surface area contributed by atoms with Gasteiger partial charge in [0.15, 0.2) is 0 Å². The van der Waals surface area contributed by atoms with Crippen molar-refractivity contribution in [3.63, 3.8) is 0 Å². The van der Waals surface area contributed by atoms with E-state index in [-0.39, 0.29) is 0 Å². The van der Waals surface area contributed by atoms with E-state index < -0.39 is 0 Å². The minimum Gasteiger partial charge on any atom is -0.115 e. The molecule has 0 heterocycles. The largest absolute Gasteiger partial charge is 0.115 e. The zero-order valence-corrected chi connectivity index (χ0v) is 12.5. The first kappa shape index (κ1) is 12.4. The Kier molecular flexibility index (Phi) is 3.71. The molecule has 0 saturated carbocycles. The minimum atomic E-state index is 0.907. The summed E-state index contributed by atoms with van der Waals surface area (Å²) in [5.41, 5.74) is 4.39. The van der Waals surface area contributed by atoms with Gasteiger partial charge in [0, 0.05) is 14.5 Å². The summed E-state index contributed by atoms with van der Waals surface area (Å²) >= 11 is 6.90. The van der Waals surface area contributed by atoms with Gasteiger partial charge in [-0.05, 0) is 47.9 Å². The second kappa shape index (κ2) is 5.08. The number of halogens is 2. The molecule has 2 rings (SSSR count). The van der Waals surface area contributed by atoms with E-state index in [1.165, 1.54) is 11.1 Å². The summed E-state index contributed by atoms with van der Waals surface area (Å²) in [6.45, 7) is 2.09. The van der Waals surface area contributed by atoms with Crippen molar-refractivity contribution in [2.24, 2.45) is 0 Å². The third kappa shape index (κ3) is 2.62. The van der Waals surface area contributed by atoms with E-state index in [0.29, 0.717) is 0 Å². The standard InChI is InChI=1S/C15H10Br2/c1-3-11-9-13(17)5-7-15(11)14-6-4-12(16)8-10(14)2/h1,4-9H,2H3. The summed E-state index contributed by atoms with van der Waals surface area (Å²) in [6.07, 6.45) is 5.56. The van der Waals surface area contributed by atoms with Crippen LogP contribution in [-0.2, 0) is 0 Å². The summed E-state index contributed by atoms with van der Waals surface area (Å²) in [4.78, 5) is 0. The second-order valence-electron chi connectivity index (χ2n) is 3.79. The lowest BCUT2D eigenvalue weighted by Crippen LogP contribution is -1.88. The van der Waals surface area contributed by atoms with Crippen LogP contribution in [0.4, 0.5) is 0 Å². The van der Waals surface area contributed by atoms with Gasteiger partial charge in [-0.25, -0.2) is 0 Å². The van der Waals surface area contributed by atoms with Gasteiger partial charge in [-0.2, -0.15) is 0 Å². The third-order valence-electron chi connectivity index (χ3n) is 2.62. The average Bonchev–Trinajstić information content (AvgIpc) is 2.30. The van der Waals surface area contributed by atoms with Gasteiger partial charge >= 0.3 is 0 Å². The summed E-state index contributed by atoms with van der Waals surface area (Å²) in [5.74, 6) is 2.73. The van der Waals surface area contributed by atoms with Crippen molar-refractivity contribution >= 4 is 31.9 Å². The highest BCUT2D eigenvalue weighted by Gasteiger charge is 2.07. The van der Waals surface area contributed by atoms with E-state index in [2.05, 4.69) is 62.9 Å². The van der Waals surface area contributed by atoms with Gasteiger partial charge < -0.3 is 0 Å². The van der Waals surface area contributed by atoms with Crippen molar-refractivity contribution in [1.82, 2.24) is 0 Å². The molecule has 2 aromatic rings. The van der Waals surface area contributed by atoms with Crippen LogP contribution in [0.3, 0.4) is 0 Å². The molecule has 0 unspecified atom stereocenters. The molecule has 0 amide bonds. The van der Waals surface area contributed by atoms with Crippen molar-refractivity contribution in [2.45, 2.75) is 6.92 Å². The average molecular weight is 350 g/mol. The van der Waals surface area contributed by atoms with E-state index in [4.69, 9.17) is 6.42 Å². The van der Waals surface area contributed by atoms with Crippen LogP contribution in [0.25, 0.3) is 11.1 Å². The van der Waals surface area contributed by atoms with Crippen LogP contribution in [0.5, 0.6) is 0 Å². The highest BCUT2D eigenvalue weighted by atomic mass is 79.9. The molecule has 2 aromatic carbocycles. The van der Waals surface area contributed by atoms with Gasteiger partial charge in [0.2, 0.25) is 0 Å². The molecule has 0 atom stereocenters. The topological polar surface area (TPSA) is 0 Å². The van der Waals surface area contributed by atoms with Gasteiger partial charge in [-0.1, -0.05) is 49.9 Å². The molecular formula is C15H10Br2. The second-order valence-corrected chi connectivity index (χ2v) is 5.62. The van der Waals surface area contributed by atoms with Crippen molar-refractivity contribution < 1.29 is 0 Å². The molecule has 2 heteroatoms. The molecule has 0 bridgehead atoms. The Hall–Kier alpha value is -1.04. The minimum absolute atomic E-state index is 0.907. The molecule has 0 aromatic heterocycles. The Morgan fingerprint density at radius 2 is 1.53 bits per heavy atom. The molecule has 0 spiro atoms. The maximum atomic E-state index is 5.56. The fraction of sp³-hybridized carbons (Fsp3) is 0.0667. The highest BCUT2D eigenvalue weighted by molar-refractivity contribution is 9.10. The Morgan fingerprint density at radius 3 is 2.12 bits per heavy atom. The fourth-order valence-electron chi connectivity index (χ4n) is 1.80. The van der Waals surface area contributed by atoms with E-state index >= 15 is 0 Å². The number of aryl methyl sites for hydroxylation is 1. The summed E-state index contributed by atoms with van der Waals surface area (Å²) in [5, 5.41) is 0. The quantitative estimate of drug-likeness (QED) is 0.623. The first-order valence-electron chi connectivity index (χ1n) is 5.14. The lowest BCUT2D eigenvalue weighted by molar-refractivity contribution is 1.43. The van der Waals surface area contributed by atoms with E-state index in [1.54, 1.807) is 0 Å². The molecule has 0 radical (unpaired) electrons. The molecule has 0 saturated heterocycles. The Balaban J connectivity index is 2.65. The summed E-state index contributed by atoms with van der Waals surface area (Å²) < 4.78 is 2.09. The van der Waals surface area contributed by atoms with Gasteiger partial charge in [0.1, 0.15) is 0 Å². The van der Waals surface area contributed by atoms with Crippen molar-refractivity contribution in [3.8, 4) is 23.5 Å². The Morgan fingerprint density at radius 1 is 0.941 bits per heavy atom. The van der Waals surface area contributed by atoms with Gasteiger partial charge in [0.25, 0.3) is 0 Å². The fourth-order valence-corrected chi connectivity index (χ4v) is 2.64. The summed E-state index contributed by atoms with van der Waals surface area (Å²) in [6, 6.07) is 12.2. The number of hydrogen-bond acceptors (Lipinski definition) is 0. The van der Waals surface area contributed by atoms with Crippen LogP contribution in [0.15, 0.2) is 45.3 Å². The molecule has 0 aliphatic carbocycles. The van der Waals surface area contributed by atoms with Gasteiger partial charge in [-0.15, -0.1) is 6.42 Å². The van der Waals surface area contributed by atoms with Crippen LogP contribution in [0, 0.1) is 19.3 Å². The molecule has 0 aliphatic rings. The lowest BCUT2D eigenvalue weighted by Gasteiger charge is -2.09.